The van der Waals surface area contributed by atoms with Gasteiger partial charge in [0.2, 0.25) is 0 Å². The van der Waals surface area contributed by atoms with Gasteiger partial charge in [0.25, 0.3) is 0 Å². The first-order valence-electron chi connectivity index (χ1n) is 19.5. The largest absolute Gasteiger partial charge is 0.208 e. The van der Waals surface area contributed by atoms with Gasteiger partial charge >= 0.3 is 0 Å². The first-order chi connectivity index (χ1) is 28.2. The first-order valence-corrected chi connectivity index (χ1v) is 19.5. The van der Waals surface area contributed by atoms with E-state index in [0.29, 0.717) is 17.5 Å². The molecule has 2 aliphatic rings. The highest BCUT2D eigenvalue weighted by molar-refractivity contribution is 6.06. The molecule has 0 bridgehead atoms. The van der Waals surface area contributed by atoms with Gasteiger partial charge in [-0.3, -0.25) is 0 Å². The van der Waals surface area contributed by atoms with Crippen molar-refractivity contribution in [1.82, 2.24) is 15.0 Å². The molecule has 0 unspecified atom stereocenters. The van der Waals surface area contributed by atoms with E-state index in [1.165, 1.54) is 71.6 Å². The van der Waals surface area contributed by atoms with Crippen molar-refractivity contribution >= 4 is 21.5 Å². The Morgan fingerprint density at radius 1 is 0.281 bits per heavy atom. The predicted molar refractivity (Wildman–Crippen MR) is 233 cm³/mol. The van der Waals surface area contributed by atoms with Crippen molar-refractivity contribution < 1.29 is 0 Å². The maximum atomic E-state index is 4.96. The Balaban J connectivity index is 1.00. The Labute approximate surface area is 330 Å². The number of hydrogen-bond acceptors (Lipinski definition) is 3. The summed E-state index contributed by atoms with van der Waals surface area (Å²) in [4.78, 5) is 14.8. The zero-order valence-corrected chi connectivity index (χ0v) is 30.9. The molecule has 0 aliphatic heterocycles. The molecule has 9 aromatic carbocycles. The lowest BCUT2D eigenvalue weighted by Gasteiger charge is -2.31. The van der Waals surface area contributed by atoms with Crippen LogP contribution in [0, 0.1) is 0 Å². The summed E-state index contributed by atoms with van der Waals surface area (Å²) in [7, 11) is 0. The zero-order valence-electron chi connectivity index (χ0n) is 30.9. The van der Waals surface area contributed by atoms with Gasteiger partial charge in [-0.2, -0.15) is 0 Å². The van der Waals surface area contributed by atoms with E-state index in [9.17, 15) is 0 Å². The van der Waals surface area contributed by atoms with Gasteiger partial charge in [0.05, 0.1) is 5.41 Å². The third-order valence-electron chi connectivity index (χ3n) is 12.1. The van der Waals surface area contributed by atoms with E-state index in [4.69, 9.17) is 15.0 Å². The van der Waals surface area contributed by atoms with Gasteiger partial charge < -0.3 is 0 Å². The van der Waals surface area contributed by atoms with Crippen LogP contribution >= 0.6 is 0 Å². The van der Waals surface area contributed by atoms with Crippen LogP contribution in [-0.2, 0) is 5.41 Å². The lowest BCUT2D eigenvalue weighted by Crippen LogP contribution is -2.26. The number of hydrogen-bond donors (Lipinski definition) is 0. The van der Waals surface area contributed by atoms with Gasteiger partial charge in [0.15, 0.2) is 17.5 Å². The second-order valence-corrected chi connectivity index (χ2v) is 15.1. The van der Waals surface area contributed by atoms with Gasteiger partial charge in [-0.25, -0.2) is 15.0 Å². The van der Waals surface area contributed by atoms with Crippen LogP contribution in [0.3, 0.4) is 0 Å². The van der Waals surface area contributed by atoms with Crippen LogP contribution in [-0.4, -0.2) is 15.0 Å². The quantitative estimate of drug-likeness (QED) is 0.181. The summed E-state index contributed by atoms with van der Waals surface area (Å²) in [6, 6.07) is 72.3. The Hall–Kier alpha value is -7.49. The van der Waals surface area contributed by atoms with Crippen LogP contribution in [0.1, 0.15) is 22.3 Å². The molecule has 3 heteroatoms. The molecule has 0 atom stereocenters. The fourth-order valence-corrected chi connectivity index (χ4v) is 9.59. The molecule has 264 valence electrons. The molecule has 1 heterocycles. The highest BCUT2D eigenvalue weighted by Crippen LogP contribution is 2.64. The third-order valence-corrected chi connectivity index (χ3v) is 12.1. The fourth-order valence-electron chi connectivity index (χ4n) is 9.59. The van der Waals surface area contributed by atoms with E-state index < -0.39 is 5.41 Å². The van der Waals surface area contributed by atoms with Crippen LogP contribution < -0.4 is 0 Å². The second kappa shape index (κ2) is 12.3. The molecule has 10 aromatic rings. The normalized spacial score (nSPS) is 13.1. The summed E-state index contributed by atoms with van der Waals surface area (Å²) >= 11 is 0. The Morgan fingerprint density at radius 2 is 0.789 bits per heavy atom. The minimum absolute atomic E-state index is 0.424. The molecule has 0 amide bonds. The second-order valence-electron chi connectivity index (χ2n) is 15.1. The predicted octanol–water partition coefficient (Wildman–Crippen LogP) is 13.2. The lowest BCUT2D eigenvalue weighted by atomic mass is 9.69. The van der Waals surface area contributed by atoms with Crippen LogP contribution in [0.15, 0.2) is 200 Å². The van der Waals surface area contributed by atoms with Crippen molar-refractivity contribution in [2.45, 2.75) is 5.41 Å². The van der Waals surface area contributed by atoms with E-state index in [2.05, 4.69) is 140 Å². The monoisotopic (exact) mass is 723 g/mol. The van der Waals surface area contributed by atoms with Crippen LogP contribution in [0.2, 0.25) is 0 Å². The van der Waals surface area contributed by atoms with Gasteiger partial charge in [0, 0.05) is 16.7 Å². The summed E-state index contributed by atoms with van der Waals surface area (Å²) in [5.41, 5.74) is 15.5. The molecule has 1 spiro atoms. The summed E-state index contributed by atoms with van der Waals surface area (Å²) < 4.78 is 0. The molecule has 3 nitrogen and oxygen atoms in total. The summed E-state index contributed by atoms with van der Waals surface area (Å²) in [6.45, 7) is 0. The number of aromatic nitrogens is 3. The van der Waals surface area contributed by atoms with E-state index >= 15 is 0 Å². The minimum atomic E-state index is -0.424. The van der Waals surface area contributed by atoms with Crippen molar-refractivity contribution in [3.8, 4) is 67.5 Å². The molecule has 2 aliphatic carbocycles. The topological polar surface area (TPSA) is 38.7 Å². The standard InChI is InChI=1S/C54H33N3/c1-3-14-36(15-4-1)51-55-52(37-16-5-2-6-17-37)57-53(56-51)38-25-23-34(24-26-38)39-27-28-40-32-46-45-30-29-35-13-7-8-18-42(35)50(45)54(49(46)33-41(40)31-39)47-21-11-9-19-43(47)44-20-10-12-22-48(44)54/h1-33H. The molecule has 12 rings (SSSR count). The SMILES string of the molecule is c1ccc(-c2nc(-c3ccccc3)nc(-c3ccc(-c4ccc5cc6c(cc5c4)C4(c5ccccc5-c5ccccc54)c4c-6ccc5ccccc45)cc3)n2)cc1. The summed E-state index contributed by atoms with van der Waals surface area (Å²) in [5.74, 6) is 1.97. The molecule has 0 fully saturated rings. The Kier molecular flexibility index (Phi) is 6.84. The van der Waals surface area contributed by atoms with Crippen LogP contribution in [0.5, 0.6) is 0 Å². The van der Waals surface area contributed by atoms with Gasteiger partial charge in [-0.05, 0) is 95.4 Å². The molecule has 0 radical (unpaired) electrons. The van der Waals surface area contributed by atoms with Crippen molar-refractivity contribution in [2.75, 3.05) is 0 Å². The van der Waals surface area contributed by atoms with Crippen LogP contribution in [0.25, 0.3) is 89.1 Å². The van der Waals surface area contributed by atoms with Gasteiger partial charge in [-0.15, -0.1) is 0 Å². The smallest absolute Gasteiger partial charge is 0.164 e. The van der Waals surface area contributed by atoms with Gasteiger partial charge in [-0.1, -0.05) is 182 Å². The fraction of sp³-hybridized carbons (Fsp3) is 0.0185. The van der Waals surface area contributed by atoms with Crippen molar-refractivity contribution in [1.29, 1.82) is 0 Å². The number of fused-ring (bicyclic) bond motifs is 13. The van der Waals surface area contributed by atoms with Crippen molar-refractivity contribution in [3.05, 3.63) is 222 Å². The van der Waals surface area contributed by atoms with Crippen molar-refractivity contribution in [2.24, 2.45) is 0 Å². The van der Waals surface area contributed by atoms with E-state index in [1.54, 1.807) is 0 Å². The van der Waals surface area contributed by atoms with Gasteiger partial charge in [0.1, 0.15) is 0 Å². The maximum absolute atomic E-state index is 4.96. The molecule has 0 saturated carbocycles. The van der Waals surface area contributed by atoms with E-state index in [1.807, 2.05) is 60.7 Å². The van der Waals surface area contributed by atoms with E-state index in [-0.39, 0.29) is 0 Å². The molecule has 0 saturated heterocycles. The van der Waals surface area contributed by atoms with Crippen LogP contribution in [0.4, 0.5) is 0 Å². The number of nitrogens with zero attached hydrogens (tertiary/aromatic N) is 3. The summed E-state index contributed by atoms with van der Waals surface area (Å²) in [5, 5.41) is 5.04. The minimum Gasteiger partial charge on any atom is -0.208 e. The average Bonchev–Trinajstić information content (AvgIpc) is 3.75. The molecule has 57 heavy (non-hydrogen) atoms. The highest BCUT2D eigenvalue weighted by Gasteiger charge is 2.52. The summed E-state index contributed by atoms with van der Waals surface area (Å²) in [6.07, 6.45) is 0. The number of rotatable bonds is 4. The van der Waals surface area contributed by atoms with Crippen molar-refractivity contribution in [3.63, 3.8) is 0 Å². The lowest BCUT2D eigenvalue weighted by molar-refractivity contribution is 0.802. The Bertz CT molecular complexity index is 3120. The molecular formula is C54H33N3. The Morgan fingerprint density at radius 3 is 1.44 bits per heavy atom. The molecular weight excluding hydrogens is 691 g/mol. The number of benzene rings is 9. The third kappa shape index (κ3) is 4.69. The molecule has 1 aromatic heterocycles. The highest BCUT2D eigenvalue weighted by atomic mass is 15.0. The average molecular weight is 724 g/mol. The van der Waals surface area contributed by atoms with E-state index in [0.717, 1.165) is 22.3 Å². The first kappa shape index (κ1) is 31.8. The zero-order chi connectivity index (χ0) is 37.5. The maximum Gasteiger partial charge on any atom is 0.164 e. The molecule has 0 N–H and O–H groups in total.